The highest BCUT2D eigenvalue weighted by atomic mass is 32.2. The van der Waals surface area contributed by atoms with Crippen molar-refractivity contribution >= 4 is 17.7 Å². The Morgan fingerprint density at radius 2 is 2.12 bits per heavy atom. The molecule has 0 fully saturated rings. The lowest BCUT2D eigenvalue weighted by atomic mass is 9.82. The topological polar surface area (TPSA) is 85.9 Å². The van der Waals surface area contributed by atoms with Crippen molar-refractivity contribution in [3.05, 3.63) is 57.3 Å². The number of nitrogens with zero attached hydrogens (tertiary/aromatic N) is 2. The van der Waals surface area contributed by atoms with Crippen molar-refractivity contribution in [2.24, 2.45) is 0 Å². The molecule has 1 heterocycles. The Balaban J connectivity index is 2.67. The predicted octanol–water partition coefficient (Wildman–Crippen LogP) is 3.18. The van der Waals surface area contributed by atoms with Gasteiger partial charge in [-0.15, -0.1) is 11.8 Å². The first-order valence-electron chi connectivity index (χ1n) is 7.40. The molecule has 0 spiro atoms. The maximum Gasteiger partial charge on any atom is 0.336 e. The molecule has 1 aliphatic heterocycles. The van der Waals surface area contributed by atoms with Crippen molar-refractivity contribution in [1.82, 2.24) is 5.32 Å². The lowest BCUT2D eigenvalue weighted by Gasteiger charge is -2.29. The molecule has 0 saturated carbocycles. The van der Waals surface area contributed by atoms with Crippen LogP contribution in [0, 0.1) is 22.7 Å². The summed E-state index contributed by atoms with van der Waals surface area (Å²) in [6.07, 6.45) is 1.87. The highest BCUT2D eigenvalue weighted by molar-refractivity contribution is 8.02. The maximum absolute atomic E-state index is 12.5. The van der Waals surface area contributed by atoms with E-state index in [4.69, 9.17) is 10.00 Å². The van der Waals surface area contributed by atoms with E-state index in [9.17, 15) is 10.1 Å². The summed E-state index contributed by atoms with van der Waals surface area (Å²) in [5.74, 6) is -1.01. The maximum atomic E-state index is 12.5. The summed E-state index contributed by atoms with van der Waals surface area (Å²) < 4.78 is 5.18. The molecular weight excluding hydrogens is 322 g/mol. The molecule has 0 radical (unpaired) electrons. The van der Waals surface area contributed by atoms with Crippen LogP contribution in [0.3, 0.4) is 0 Å². The Morgan fingerprint density at radius 3 is 2.71 bits per heavy atom. The number of benzene rings is 1. The predicted molar refractivity (Wildman–Crippen MR) is 92.5 cm³/mol. The number of carbonyl (C=O) groups excluding carboxylic acids is 1. The van der Waals surface area contributed by atoms with E-state index in [1.165, 1.54) is 11.8 Å². The molecule has 6 heteroatoms. The number of carbonyl (C=O) groups is 1. The van der Waals surface area contributed by atoms with Gasteiger partial charge in [0.1, 0.15) is 0 Å². The van der Waals surface area contributed by atoms with Crippen molar-refractivity contribution in [2.45, 2.75) is 19.8 Å². The van der Waals surface area contributed by atoms with Gasteiger partial charge in [0.25, 0.3) is 0 Å². The highest BCUT2D eigenvalue weighted by Gasteiger charge is 2.35. The van der Waals surface area contributed by atoms with Gasteiger partial charge >= 0.3 is 5.97 Å². The van der Waals surface area contributed by atoms with Gasteiger partial charge in [0.05, 0.1) is 46.4 Å². The van der Waals surface area contributed by atoms with Gasteiger partial charge in [-0.2, -0.15) is 10.5 Å². The molecule has 2 rings (SSSR count). The average molecular weight is 339 g/mol. The molecule has 1 aromatic carbocycles. The molecule has 0 bridgehead atoms. The Kier molecular flexibility index (Phi) is 5.68. The summed E-state index contributed by atoms with van der Waals surface area (Å²) in [5, 5.41) is 22.6. The normalized spacial score (nSPS) is 17.0. The molecule has 5 nitrogen and oxygen atoms in total. The first-order chi connectivity index (χ1) is 11.6. The van der Waals surface area contributed by atoms with Crippen LogP contribution in [0.5, 0.6) is 0 Å². The van der Waals surface area contributed by atoms with Gasteiger partial charge in [-0.05, 0) is 37.8 Å². The standard InChI is InChI=1S/C18H17N3O2S/c1-4-23-18(22)15-11(2)21-17(24-3)14(10-20)16(15)13-7-5-6-12(8-13)9-19/h5-8,16,21H,4H2,1-3H3. The SMILES string of the molecule is CCOC(=O)C1=C(C)NC(SC)=C(C#N)C1c1cccc(C#N)c1. The fraction of sp³-hybridized carbons (Fsp3) is 0.278. The zero-order valence-corrected chi connectivity index (χ0v) is 14.5. The molecule has 24 heavy (non-hydrogen) atoms. The molecule has 1 aromatic rings. The molecule has 1 N–H and O–H groups in total. The molecule has 1 atom stereocenters. The molecule has 0 amide bonds. The van der Waals surface area contributed by atoms with Crippen LogP contribution in [-0.4, -0.2) is 18.8 Å². The van der Waals surface area contributed by atoms with E-state index in [2.05, 4.69) is 17.5 Å². The number of hydrogen-bond acceptors (Lipinski definition) is 6. The number of allylic oxidation sites excluding steroid dienone is 2. The number of nitriles is 2. The van der Waals surface area contributed by atoms with E-state index >= 15 is 0 Å². The molecule has 0 aromatic heterocycles. The molecule has 0 aliphatic carbocycles. The summed E-state index contributed by atoms with van der Waals surface area (Å²) in [6, 6.07) is 11.3. The van der Waals surface area contributed by atoms with E-state index in [1.54, 1.807) is 32.0 Å². The van der Waals surface area contributed by atoms with Crippen LogP contribution >= 0.6 is 11.8 Å². The Hall–Kier alpha value is -2.70. The fourth-order valence-corrected chi connectivity index (χ4v) is 3.31. The minimum Gasteiger partial charge on any atom is -0.463 e. The number of esters is 1. The quantitative estimate of drug-likeness (QED) is 0.848. The Bertz CT molecular complexity index is 812. The van der Waals surface area contributed by atoms with Gasteiger partial charge < -0.3 is 10.1 Å². The molecule has 0 saturated heterocycles. The second kappa shape index (κ2) is 7.72. The first-order valence-corrected chi connectivity index (χ1v) is 8.63. The summed E-state index contributed by atoms with van der Waals surface area (Å²) in [6.45, 7) is 3.78. The van der Waals surface area contributed by atoms with Crippen LogP contribution in [0.25, 0.3) is 0 Å². The van der Waals surface area contributed by atoms with E-state index in [1.807, 2.05) is 12.3 Å². The molecular formula is C18H17N3O2S. The largest absolute Gasteiger partial charge is 0.463 e. The third kappa shape index (κ3) is 3.29. The third-order valence-corrected chi connectivity index (χ3v) is 4.43. The second-order valence-corrected chi connectivity index (χ2v) is 5.93. The van der Waals surface area contributed by atoms with E-state index < -0.39 is 11.9 Å². The van der Waals surface area contributed by atoms with Crippen molar-refractivity contribution in [2.75, 3.05) is 12.9 Å². The Morgan fingerprint density at radius 1 is 1.38 bits per heavy atom. The summed E-state index contributed by atoms with van der Waals surface area (Å²) in [5.41, 5.74) is 2.72. The van der Waals surface area contributed by atoms with Crippen molar-refractivity contribution in [3.63, 3.8) is 0 Å². The van der Waals surface area contributed by atoms with E-state index in [-0.39, 0.29) is 6.61 Å². The minimum atomic E-state index is -0.550. The average Bonchev–Trinajstić information content (AvgIpc) is 2.60. The number of hydrogen-bond donors (Lipinski definition) is 1. The number of thioether (sulfide) groups is 1. The van der Waals surface area contributed by atoms with E-state index in [0.29, 0.717) is 27.4 Å². The lowest BCUT2D eigenvalue weighted by Crippen LogP contribution is -2.28. The zero-order valence-electron chi connectivity index (χ0n) is 13.7. The summed E-state index contributed by atoms with van der Waals surface area (Å²) in [4.78, 5) is 12.5. The lowest BCUT2D eigenvalue weighted by molar-refractivity contribution is -0.138. The van der Waals surface area contributed by atoms with E-state index in [0.717, 1.165) is 5.56 Å². The van der Waals surface area contributed by atoms with Crippen LogP contribution in [-0.2, 0) is 9.53 Å². The third-order valence-electron chi connectivity index (χ3n) is 3.70. The number of ether oxygens (including phenoxy) is 1. The van der Waals surface area contributed by atoms with Crippen molar-refractivity contribution < 1.29 is 9.53 Å². The second-order valence-electron chi connectivity index (χ2n) is 5.11. The van der Waals surface area contributed by atoms with Crippen LogP contribution in [0.2, 0.25) is 0 Å². The number of dihydropyridines is 1. The first kappa shape index (κ1) is 17.7. The monoisotopic (exact) mass is 339 g/mol. The minimum absolute atomic E-state index is 0.252. The Labute approximate surface area is 145 Å². The zero-order chi connectivity index (χ0) is 17.7. The number of rotatable bonds is 4. The molecule has 1 unspecified atom stereocenters. The van der Waals surface area contributed by atoms with Gasteiger partial charge in [-0.25, -0.2) is 4.79 Å². The van der Waals surface area contributed by atoms with Gasteiger partial charge in [0.15, 0.2) is 0 Å². The fourth-order valence-electron chi connectivity index (χ4n) is 2.67. The van der Waals surface area contributed by atoms with Crippen LogP contribution < -0.4 is 5.32 Å². The molecule has 1 aliphatic rings. The highest BCUT2D eigenvalue weighted by Crippen LogP contribution is 2.40. The molecule has 122 valence electrons. The van der Waals surface area contributed by atoms with Crippen LogP contribution in [0.15, 0.2) is 46.1 Å². The van der Waals surface area contributed by atoms with Gasteiger partial charge in [-0.1, -0.05) is 12.1 Å². The summed E-state index contributed by atoms with van der Waals surface area (Å²) >= 11 is 1.41. The summed E-state index contributed by atoms with van der Waals surface area (Å²) in [7, 11) is 0. The van der Waals surface area contributed by atoms with Crippen LogP contribution in [0.1, 0.15) is 30.9 Å². The van der Waals surface area contributed by atoms with Crippen LogP contribution in [0.4, 0.5) is 0 Å². The van der Waals surface area contributed by atoms with Gasteiger partial charge in [-0.3, -0.25) is 0 Å². The smallest absolute Gasteiger partial charge is 0.336 e. The van der Waals surface area contributed by atoms with Crippen molar-refractivity contribution in [3.8, 4) is 12.1 Å². The van der Waals surface area contributed by atoms with Crippen molar-refractivity contribution in [1.29, 1.82) is 10.5 Å². The number of nitrogens with one attached hydrogen (secondary N) is 1. The van der Waals surface area contributed by atoms with Gasteiger partial charge in [0.2, 0.25) is 0 Å². The van der Waals surface area contributed by atoms with Gasteiger partial charge in [0, 0.05) is 5.70 Å².